The van der Waals surface area contributed by atoms with E-state index in [0.717, 1.165) is 78.6 Å². The Kier molecular flexibility index (Phi) is 7.24. The molecule has 0 spiro atoms. The molecular weight excluding hydrogens is 386 g/mol. The number of aliphatic imine (C=N–C) groups is 1. The van der Waals surface area contributed by atoms with Crippen LogP contribution in [0, 0.1) is 13.8 Å². The van der Waals surface area contributed by atoms with Crippen molar-refractivity contribution in [3.05, 3.63) is 28.8 Å². The second kappa shape index (κ2) is 9.87. The van der Waals surface area contributed by atoms with E-state index >= 15 is 0 Å². The summed E-state index contributed by atoms with van der Waals surface area (Å²) >= 11 is 1.49. The van der Waals surface area contributed by atoms with Gasteiger partial charge in [-0.25, -0.2) is 9.98 Å². The van der Waals surface area contributed by atoms with Crippen LogP contribution in [-0.2, 0) is 13.0 Å². The molecule has 158 valence electrons. The maximum atomic E-state index is 5.52. The van der Waals surface area contributed by atoms with Gasteiger partial charge in [-0.05, 0) is 20.8 Å². The van der Waals surface area contributed by atoms with Crippen molar-refractivity contribution in [1.29, 1.82) is 0 Å². The quantitative estimate of drug-likeness (QED) is 0.571. The predicted molar refractivity (Wildman–Crippen MR) is 118 cm³/mol. The molecule has 1 aliphatic rings. The molecule has 3 heterocycles. The van der Waals surface area contributed by atoms with E-state index in [1.165, 1.54) is 11.5 Å². The molecule has 0 aromatic carbocycles. The van der Waals surface area contributed by atoms with Gasteiger partial charge < -0.3 is 19.9 Å². The fraction of sp³-hybridized carbons (Fsp3) is 0.600. The van der Waals surface area contributed by atoms with Crippen LogP contribution >= 0.6 is 11.5 Å². The van der Waals surface area contributed by atoms with Crippen LogP contribution < -0.4 is 15.0 Å². The van der Waals surface area contributed by atoms with Crippen molar-refractivity contribution < 1.29 is 4.74 Å². The van der Waals surface area contributed by atoms with Crippen LogP contribution in [0.5, 0.6) is 5.75 Å². The molecule has 1 fully saturated rings. The van der Waals surface area contributed by atoms with Crippen molar-refractivity contribution in [2.75, 3.05) is 44.7 Å². The number of hydrogen-bond acceptors (Lipinski definition) is 7. The minimum atomic E-state index is 0.529. The van der Waals surface area contributed by atoms with Gasteiger partial charge in [-0.2, -0.15) is 4.37 Å². The first-order valence-corrected chi connectivity index (χ1v) is 10.9. The summed E-state index contributed by atoms with van der Waals surface area (Å²) in [5.74, 6) is 2.76. The van der Waals surface area contributed by atoms with Gasteiger partial charge in [-0.15, -0.1) is 0 Å². The summed E-state index contributed by atoms with van der Waals surface area (Å²) in [7, 11) is 1.70. The molecule has 0 bridgehead atoms. The molecule has 3 rings (SSSR count). The third-order valence-corrected chi connectivity index (χ3v) is 5.90. The molecule has 2 aromatic heterocycles. The molecule has 0 atom stereocenters. The molecule has 0 amide bonds. The van der Waals surface area contributed by atoms with Crippen LogP contribution in [0.1, 0.15) is 36.5 Å². The first kappa shape index (κ1) is 21.3. The average Bonchev–Trinajstić information content (AvgIpc) is 3.22. The molecule has 0 radical (unpaired) electrons. The van der Waals surface area contributed by atoms with Crippen molar-refractivity contribution in [2.24, 2.45) is 4.99 Å². The zero-order chi connectivity index (χ0) is 20.8. The van der Waals surface area contributed by atoms with E-state index in [4.69, 9.17) is 9.73 Å². The third-order valence-electron chi connectivity index (χ3n) is 5.09. The Morgan fingerprint density at radius 3 is 2.62 bits per heavy atom. The topological polar surface area (TPSA) is 78.8 Å². The SMILES string of the molecule is CCNC(=NCc1ncc(C)c(OC)c1C)N1CCN(c2nc(CC)ns2)CC1. The number of aryl methyl sites for hydroxylation is 2. The predicted octanol–water partition coefficient (Wildman–Crippen LogP) is 2.41. The molecule has 29 heavy (non-hydrogen) atoms. The average molecular weight is 418 g/mol. The summed E-state index contributed by atoms with van der Waals surface area (Å²) in [6, 6.07) is 0. The Morgan fingerprint density at radius 2 is 2.00 bits per heavy atom. The van der Waals surface area contributed by atoms with Crippen molar-refractivity contribution in [2.45, 2.75) is 40.7 Å². The number of ether oxygens (including phenoxy) is 1. The maximum absolute atomic E-state index is 5.52. The molecule has 0 aliphatic carbocycles. The van der Waals surface area contributed by atoms with E-state index in [1.54, 1.807) is 7.11 Å². The van der Waals surface area contributed by atoms with Gasteiger partial charge in [0.15, 0.2) is 5.96 Å². The lowest BCUT2D eigenvalue weighted by Crippen LogP contribution is -2.52. The summed E-state index contributed by atoms with van der Waals surface area (Å²) < 4.78 is 9.93. The van der Waals surface area contributed by atoms with E-state index in [1.807, 2.05) is 20.0 Å². The number of hydrogen-bond donors (Lipinski definition) is 1. The van der Waals surface area contributed by atoms with Gasteiger partial charge in [0.2, 0.25) is 5.13 Å². The van der Waals surface area contributed by atoms with Crippen molar-refractivity contribution in [1.82, 2.24) is 24.6 Å². The number of aromatic nitrogens is 3. The highest BCUT2D eigenvalue weighted by Gasteiger charge is 2.22. The molecule has 8 nitrogen and oxygen atoms in total. The fourth-order valence-electron chi connectivity index (χ4n) is 3.43. The normalized spacial score (nSPS) is 15.0. The number of rotatable bonds is 6. The summed E-state index contributed by atoms with van der Waals surface area (Å²) in [5.41, 5.74) is 3.05. The van der Waals surface area contributed by atoms with Crippen LogP contribution in [0.3, 0.4) is 0 Å². The lowest BCUT2D eigenvalue weighted by molar-refractivity contribution is 0.372. The number of nitrogens with zero attached hydrogens (tertiary/aromatic N) is 6. The Labute approximate surface area is 177 Å². The lowest BCUT2D eigenvalue weighted by atomic mass is 10.1. The Morgan fingerprint density at radius 1 is 1.24 bits per heavy atom. The summed E-state index contributed by atoms with van der Waals surface area (Å²) in [6.07, 6.45) is 2.74. The van der Waals surface area contributed by atoms with E-state index in [9.17, 15) is 0 Å². The van der Waals surface area contributed by atoms with Crippen molar-refractivity contribution in [3.63, 3.8) is 0 Å². The Bertz CT molecular complexity index is 843. The largest absolute Gasteiger partial charge is 0.496 e. The van der Waals surface area contributed by atoms with E-state index in [2.05, 4.69) is 43.3 Å². The zero-order valence-corrected chi connectivity index (χ0v) is 18.8. The third kappa shape index (κ3) is 4.95. The number of piperazine rings is 1. The molecule has 0 saturated carbocycles. The highest BCUT2D eigenvalue weighted by atomic mass is 32.1. The summed E-state index contributed by atoms with van der Waals surface area (Å²) in [6.45, 7) is 13.2. The van der Waals surface area contributed by atoms with Crippen LogP contribution in [-0.4, -0.2) is 65.0 Å². The minimum Gasteiger partial charge on any atom is -0.496 e. The summed E-state index contributed by atoms with van der Waals surface area (Å²) in [4.78, 5) is 18.7. The second-order valence-electron chi connectivity index (χ2n) is 7.04. The van der Waals surface area contributed by atoms with Crippen LogP contribution in [0.4, 0.5) is 5.13 Å². The monoisotopic (exact) mass is 417 g/mol. The standard InChI is InChI=1S/C20H31N7OS/c1-6-17-24-20(29-25-17)27-10-8-26(9-11-27)19(21-7-2)23-13-16-15(4)18(28-5)14(3)12-22-16/h12H,6-11,13H2,1-5H3,(H,21,23). The molecule has 1 N–H and O–H groups in total. The maximum Gasteiger partial charge on any atom is 0.205 e. The van der Waals surface area contributed by atoms with Crippen LogP contribution in [0.25, 0.3) is 0 Å². The number of pyridine rings is 1. The molecule has 2 aromatic rings. The lowest BCUT2D eigenvalue weighted by Gasteiger charge is -2.36. The Hall–Kier alpha value is -2.42. The summed E-state index contributed by atoms with van der Waals surface area (Å²) in [5, 5.41) is 4.45. The van der Waals surface area contributed by atoms with Gasteiger partial charge in [0, 0.05) is 68.0 Å². The number of nitrogens with one attached hydrogen (secondary N) is 1. The van der Waals surface area contributed by atoms with Crippen molar-refractivity contribution >= 4 is 22.6 Å². The smallest absolute Gasteiger partial charge is 0.205 e. The minimum absolute atomic E-state index is 0.529. The van der Waals surface area contributed by atoms with E-state index in [0.29, 0.717) is 6.54 Å². The van der Waals surface area contributed by atoms with Gasteiger partial charge in [0.05, 0.1) is 19.3 Å². The van der Waals surface area contributed by atoms with Crippen LogP contribution in [0.15, 0.2) is 11.2 Å². The molecule has 9 heteroatoms. The first-order chi connectivity index (χ1) is 14.1. The highest BCUT2D eigenvalue weighted by molar-refractivity contribution is 7.09. The van der Waals surface area contributed by atoms with Crippen LogP contribution in [0.2, 0.25) is 0 Å². The zero-order valence-electron chi connectivity index (χ0n) is 18.0. The first-order valence-electron chi connectivity index (χ1n) is 10.2. The van der Waals surface area contributed by atoms with E-state index < -0.39 is 0 Å². The Balaban J connectivity index is 1.67. The van der Waals surface area contributed by atoms with Gasteiger partial charge in [0.1, 0.15) is 11.6 Å². The molecule has 0 unspecified atom stereocenters. The number of methoxy groups -OCH3 is 1. The molecular formula is C20H31N7OS. The van der Waals surface area contributed by atoms with Gasteiger partial charge in [-0.3, -0.25) is 4.98 Å². The molecule has 1 saturated heterocycles. The molecule has 1 aliphatic heterocycles. The number of guanidine groups is 1. The van der Waals surface area contributed by atoms with Gasteiger partial charge in [-0.1, -0.05) is 6.92 Å². The fourth-order valence-corrected chi connectivity index (χ4v) is 4.23. The van der Waals surface area contributed by atoms with Gasteiger partial charge in [0.25, 0.3) is 0 Å². The van der Waals surface area contributed by atoms with Crippen molar-refractivity contribution in [3.8, 4) is 5.75 Å². The van der Waals surface area contributed by atoms with E-state index in [-0.39, 0.29) is 0 Å². The van der Waals surface area contributed by atoms with Gasteiger partial charge >= 0.3 is 0 Å². The highest BCUT2D eigenvalue weighted by Crippen LogP contribution is 2.24. The number of anilines is 1. The second-order valence-corrected chi connectivity index (χ2v) is 7.77.